The molecule has 0 unspecified atom stereocenters. The maximum atomic E-state index is 3.73. The van der Waals surface area contributed by atoms with Crippen molar-refractivity contribution in [1.82, 2.24) is 5.32 Å². The first-order valence-corrected chi connectivity index (χ1v) is 7.64. The molecule has 2 fully saturated rings. The molecule has 0 aromatic heterocycles. The summed E-state index contributed by atoms with van der Waals surface area (Å²) < 4.78 is 0. The Kier molecular flexibility index (Phi) is 4.94. The highest BCUT2D eigenvalue weighted by atomic mass is 14.8. The minimum Gasteiger partial charge on any atom is -0.391 e. The maximum absolute atomic E-state index is 3.73. The molecular weight excluding hydrogens is 206 g/mol. The predicted octanol–water partition coefficient (Wildman–Crippen LogP) is 4.35. The third-order valence-electron chi connectivity index (χ3n) is 5.17. The molecule has 0 saturated heterocycles. The van der Waals surface area contributed by atoms with E-state index in [2.05, 4.69) is 18.8 Å². The van der Waals surface area contributed by atoms with Gasteiger partial charge in [0.05, 0.1) is 0 Å². The highest BCUT2D eigenvalue weighted by Gasteiger charge is 2.29. The minimum absolute atomic E-state index is 0.909. The van der Waals surface area contributed by atoms with Crippen LogP contribution in [-0.2, 0) is 0 Å². The van der Waals surface area contributed by atoms with Gasteiger partial charge >= 0.3 is 0 Å². The molecule has 2 aliphatic carbocycles. The van der Waals surface area contributed by atoms with Crippen molar-refractivity contribution in [3.63, 3.8) is 0 Å². The third kappa shape index (κ3) is 3.76. The second kappa shape index (κ2) is 6.47. The molecule has 17 heavy (non-hydrogen) atoms. The number of hydrogen-bond acceptors (Lipinski definition) is 1. The van der Waals surface area contributed by atoms with Crippen molar-refractivity contribution in [3.05, 3.63) is 12.8 Å². The molecule has 0 aromatic carbocycles. The van der Waals surface area contributed by atoms with Gasteiger partial charge in [-0.15, -0.1) is 0 Å². The van der Waals surface area contributed by atoms with Crippen molar-refractivity contribution in [2.24, 2.45) is 23.7 Å². The summed E-state index contributed by atoms with van der Waals surface area (Å²) in [7, 11) is 0. The molecule has 1 N–H and O–H groups in total. The second-order valence-electron chi connectivity index (χ2n) is 6.41. The Morgan fingerprint density at radius 2 is 1.47 bits per heavy atom. The zero-order chi connectivity index (χ0) is 12.1. The summed E-state index contributed by atoms with van der Waals surface area (Å²) in [5, 5.41) is 3.28. The number of hydrogen-bond donors (Lipinski definition) is 1. The summed E-state index contributed by atoms with van der Waals surface area (Å²) in [6, 6.07) is 0. The molecule has 0 amide bonds. The SMILES string of the molecule is C=CNCC1CCC(C2CCC(C)CC2)CC1. The summed E-state index contributed by atoms with van der Waals surface area (Å²) in [5.41, 5.74) is 0. The molecule has 2 aliphatic rings. The second-order valence-corrected chi connectivity index (χ2v) is 6.41. The molecule has 1 nitrogen and oxygen atoms in total. The van der Waals surface area contributed by atoms with E-state index in [0.717, 1.165) is 30.2 Å². The number of nitrogens with one attached hydrogen (secondary N) is 1. The van der Waals surface area contributed by atoms with Crippen molar-refractivity contribution in [2.45, 2.75) is 58.3 Å². The van der Waals surface area contributed by atoms with E-state index in [4.69, 9.17) is 0 Å². The first-order valence-electron chi connectivity index (χ1n) is 7.64. The van der Waals surface area contributed by atoms with E-state index in [1.165, 1.54) is 51.4 Å². The van der Waals surface area contributed by atoms with Gasteiger partial charge < -0.3 is 5.32 Å². The molecule has 0 aromatic rings. The van der Waals surface area contributed by atoms with Crippen LogP contribution in [0.2, 0.25) is 0 Å². The molecule has 0 spiro atoms. The van der Waals surface area contributed by atoms with Crippen molar-refractivity contribution < 1.29 is 0 Å². The van der Waals surface area contributed by atoms with Crippen molar-refractivity contribution in [2.75, 3.05) is 6.54 Å². The molecule has 2 rings (SSSR count). The van der Waals surface area contributed by atoms with Gasteiger partial charge in [0.15, 0.2) is 0 Å². The zero-order valence-corrected chi connectivity index (χ0v) is 11.5. The summed E-state index contributed by atoms with van der Waals surface area (Å²) in [6.07, 6.45) is 13.7. The summed E-state index contributed by atoms with van der Waals surface area (Å²) in [5.74, 6) is 4.04. The van der Waals surface area contributed by atoms with Crippen molar-refractivity contribution >= 4 is 0 Å². The van der Waals surface area contributed by atoms with Crippen molar-refractivity contribution in [3.8, 4) is 0 Å². The highest BCUT2D eigenvalue weighted by molar-refractivity contribution is 4.82. The Morgan fingerprint density at radius 3 is 2.00 bits per heavy atom. The molecule has 0 atom stereocenters. The molecule has 2 saturated carbocycles. The van der Waals surface area contributed by atoms with E-state index in [1.807, 2.05) is 6.20 Å². The highest BCUT2D eigenvalue weighted by Crippen LogP contribution is 2.40. The van der Waals surface area contributed by atoms with Crippen LogP contribution in [0.25, 0.3) is 0 Å². The molecule has 0 bridgehead atoms. The summed E-state index contributed by atoms with van der Waals surface area (Å²) in [6.45, 7) is 7.30. The topological polar surface area (TPSA) is 12.0 Å². The average molecular weight is 235 g/mol. The van der Waals surface area contributed by atoms with E-state index in [-0.39, 0.29) is 0 Å². The van der Waals surface area contributed by atoms with Gasteiger partial charge in [0.2, 0.25) is 0 Å². The number of rotatable bonds is 4. The summed E-state index contributed by atoms with van der Waals surface area (Å²) in [4.78, 5) is 0. The van der Waals surface area contributed by atoms with Gasteiger partial charge in [0, 0.05) is 6.54 Å². The van der Waals surface area contributed by atoms with Gasteiger partial charge in [0.25, 0.3) is 0 Å². The Hall–Kier alpha value is -0.460. The van der Waals surface area contributed by atoms with Gasteiger partial charge in [-0.05, 0) is 68.4 Å². The fourth-order valence-electron chi connectivity index (χ4n) is 3.87. The first kappa shape index (κ1) is 13.0. The Balaban J connectivity index is 1.69. The van der Waals surface area contributed by atoms with E-state index in [1.54, 1.807) is 0 Å². The lowest BCUT2D eigenvalue weighted by molar-refractivity contribution is 0.150. The lowest BCUT2D eigenvalue weighted by Gasteiger charge is -2.37. The quantitative estimate of drug-likeness (QED) is 0.764. The van der Waals surface area contributed by atoms with Crippen LogP contribution in [0.5, 0.6) is 0 Å². The van der Waals surface area contributed by atoms with Crippen molar-refractivity contribution in [1.29, 1.82) is 0 Å². The van der Waals surface area contributed by atoms with E-state index in [9.17, 15) is 0 Å². The molecule has 98 valence electrons. The van der Waals surface area contributed by atoms with Gasteiger partial charge in [-0.1, -0.05) is 26.3 Å². The van der Waals surface area contributed by atoms with E-state index in [0.29, 0.717) is 0 Å². The van der Waals surface area contributed by atoms with Crippen LogP contribution in [0.15, 0.2) is 12.8 Å². The Bertz CT molecular complexity index is 220. The molecule has 0 aliphatic heterocycles. The lowest BCUT2D eigenvalue weighted by Crippen LogP contribution is -2.28. The maximum Gasteiger partial charge on any atom is 0.0169 e. The molecule has 0 radical (unpaired) electrons. The van der Waals surface area contributed by atoms with E-state index < -0.39 is 0 Å². The Labute approximate surface area is 107 Å². The third-order valence-corrected chi connectivity index (χ3v) is 5.17. The minimum atomic E-state index is 0.909. The predicted molar refractivity (Wildman–Crippen MR) is 74.8 cm³/mol. The fourth-order valence-corrected chi connectivity index (χ4v) is 3.87. The van der Waals surface area contributed by atoms with Crippen LogP contribution < -0.4 is 5.32 Å². The molecular formula is C16H29N. The fraction of sp³-hybridized carbons (Fsp3) is 0.875. The molecule has 1 heteroatoms. The first-order chi connectivity index (χ1) is 8.29. The average Bonchev–Trinajstić information content (AvgIpc) is 2.38. The smallest absolute Gasteiger partial charge is 0.0169 e. The van der Waals surface area contributed by atoms with Gasteiger partial charge in [-0.25, -0.2) is 0 Å². The normalized spacial score (nSPS) is 38.6. The lowest BCUT2D eigenvalue weighted by atomic mass is 9.69. The van der Waals surface area contributed by atoms with Crippen LogP contribution in [0, 0.1) is 23.7 Å². The van der Waals surface area contributed by atoms with Crippen LogP contribution in [0.3, 0.4) is 0 Å². The monoisotopic (exact) mass is 235 g/mol. The van der Waals surface area contributed by atoms with Gasteiger partial charge in [0.1, 0.15) is 0 Å². The van der Waals surface area contributed by atoms with Crippen LogP contribution in [-0.4, -0.2) is 6.54 Å². The van der Waals surface area contributed by atoms with Crippen LogP contribution in [0.4, 0.5) is 0 Å². The van der Waals surface area contributed by atoms with Crippen LogP contribution >= 0.6 is 0 Å². The summed E-state index contributed by atoms with van der Waals surface area (Å²) >= 11 is 0. The van der Waals surface area contributed by atoms with Gasteiger partial charge in [-0.3, -0.25) is 0 Å². The van der Waals surface area contributed by atoms with Crippen LogP contribution in [0.1, 0.15) is 58.3 Å². The Morgan fingerprint density at radius 1 is 0.941 bits per heavy atom. The zero-order valence-electron chi connectivity index (χ0n) is 11.5. The standard InChI is InChI=1S/C16H29N/c1-3-17-12-14-6-10-16(11-7-14)15-8-4-13(2)5-9-15/h3,13-17H,1,4-12H2,2H3. The molecule has 0 heterocycles. The van der Waals surface area contributed by atoms with Gasteiger partial charge in [-0.2, -0.15) is 0 Å². The van der Waals surface area contributed by atoms with E-state index >= 15 is 0 Å². The largest absolute Gasteiger partial charge is 0.391 e.